The van der Waals surface area contributed by atoms with E-state index < -0.39 is 33.3 Å². The van der Waals surface area contributed by atoms with Crippen molar-refractivity contribution in [2.24, 2.45) is 11.7 Å². The number of aryl methyl sites for hydroxylation is 1. The fourth-order valence-corrected chi connectivity index (χ4v) is 6.48. The molecule has 2 bridgehead atoms. The Hall–Kier alpha value is -2.46. The molecule has 3 unspecified atom stereocenters. The molecule has 2 aromatic rings. The Morgan fingerprint density at radius 2 is 1.76 bits per heavy atom. The van der Waals surface area contributed by atoms with E-state index in [1.54, 1.807) is 24.0 Å². The molecule has 3 heterocycles. The molecule has 184 valence electrons. The number of halogens is 3. The van der Waals surface area contributed by atoms with Gasteiger partial charge >= 0.3 is 0 Å². The van der Waals surface area contributed by atoms with Crippen molar-refractivity contribution in [3.63, 3.8) is 0 Å². The van der Waals surface area contributed by atoms with Crippen molar-refractivity contribution in [1.29, 1.82) is 0 Å². The largest absolute Gasteiger partial charge is 0.337 e. The first-order valence-corrected chi connectivity index (χ1v) is 13.1. The van der Waals surface area contributed by atoms with Crippen LogP contribution in [-0.2, 0) is 21.1 Å². The maximum Gasteiger partial charge on any atom is 0.224 e. The number of benzene rings is 1. The summed E-state index contributed by atoms with van der Waals surface area (Å²) in [6, 6.07) is 5.56. The number of rotatable bonds is 7. The van der Waals surface area contributed by atoms with Crippen LogP contribution in [0.5, 0.6) is 0 Å². The minimum Gasteiger partial charge on any atom is -0.337 e. The van der Waals surface area contributed by atoms with Crippen LogP contribution in [0.25, 0.3) is 0 Å². The Balaban J connectivity index is 1.37. The van der Waals surface area contributed by atoms with Crippen LogP contribution in [-0.4, -0.2) is 48.1 Å². The van der Waals surface area contributed by atoms with E-state index in [1.807, 2.05) is 0 Å². The molecule has 10 heteroatoms. The summed E-state index contributed by atoms with van der Waals surface area (Å²) in [6.45, 7) is 1.71. The second-order valence-corrected chi connectivity index (χ2v) is 11.4. The predicted octanol–water partition coefficient (Wildman–Crippen LogP) is 3.31. The van der Waals surface area contributed by atoms with Gasteiger partial charge in [0.2, 0.25) is 5.91 Å². The highest BCUT2D eigenvalue weighted by Crippen LogP contribution is 2.40. The zero-order valence-electron chi connectivity index (χ0n) is 18.9. The van der Waals surface area contributed by atoms with E-state index in [1.165, 1.54) is 6.07 Å². The molecule has 6 nitrogen and oxygen atoms in total. The zero-order chi connectivity index (χ0) is 24.6. The number of pyridine rings is 1. The van der Waals surface area contributed by atoms with Gasteiger partial charge in [0.15, 0.2) is 26.5 Å². The fraction of sp³-hybridized carbons (Fsp3) is 0.500. The summed E-state index contributed by atoms with van der Waals surface area (Å²) in [5, 5.41) is -0.0302. The van der Waals surface area contributed by atoms with Gasteiger partial charge in [0.25, 0.3) is 0 Å². The Morgan fingerprint density at radius 1 is 1.12 bits per heavy atom. The van der Waals surface area contributed by atoms with Gasteiger partial charge in [-0.15, -0.1) is 0 Å². The maximum atomic E-state index is 14.0. The molecular weight excluding hydrogens is 467 g/mol. The third kappa shape index (κ3) is 5.12. The lowest BCUT2D eigenvalue weighted by atomic mass is 9.82. The quantitative estimate of drug-likeness (QED) is 0.595. The third-order valence-corrected chi connectivity index (χ3v) is 8.58. The lowest BCUT2D eigenvalue weighted by Gasteiger charge is -2.41. The molecule has 1 amide bonds. The van der Waals surface area contributed by atoms with Crippen LogP contribution in [0.1, 0.15) is 43.4 Å². The molecule has 0 aliphatic carbocycles. The van der Waals surface area contributed by atoms with E-state index in [-0.39, 0.29) is 53.1 Å². The van der Waals surface area contributed by atoms with Crippen molar-refractivity contribution < 1.29 is 26.4 Å². The highest BCUT2D eigenvalue weighted by Gasteiger charge is 2.44. The lowest BCUT2D eigenvalue weighted by molar-refractivity contribution is -0.136. The van der Waals surface area contributed by atoms with Gasteiger partial charge in [-0.2, -0.15) is 0 Å². The molecule has 2 aliphatic heterocycles. The van der Waals surface area contributed by atoms with Crippen LogP contribution < -0.4 is 5.73 Å². The van der Waals surface area contributed by atoms with Crippen LogP contribution in [0.15, 0.2) is 35.4 Å². The van der Waals surface area contributed by atoms with Gasteiger partial charge in [0.05, 0.1) is 5.75 Å². The van der Waals surface area contributed by atoms with Crippen LogP contribution in [0.3, 0.4) is 0 Å². The van der Waals surface area contributed by atoms with E-state index >= 15 is 0 Å². The zero-order valence-corrected chi connectivity index (χ0v) is 19.7. The highest BCUT2D eigenvalue weighted by molar-refractivity contribution is 7.91. The van der Waals surface area contributed by atoms with Crippen molar-refractivity contribution in [3.8, 4) is 0 Å². The number of hydrogen-bond donors (Lipinski definition) is 1. The molecule has 34 heavy (non-hydrogen) atoms. The molecule has 2 N–H and O–H groups in total. The molecule has 1 aromatic carbocycles. The first-order valence-electron chi connectivity index (χ1n) is 11.4. The number of carbonyl (C=O) groups is 1. The van der Waals surface area contributed by atoms with Gasteiger partial charge in [0, 0.05) is 36.3 Å². The molecular formula is C24H28F3N3O3S. The summed E-state index contributed by atoms with van der Waals surface area (Å²) in [6.07, 6.45) is 2.77. The smallest absolute Gasteiger partial charge is 0.224 e. The molecule has 3 atom stereocenters. The molecule has 1 aromatic heterocycles. The Kier molecular flexibility index (Phi) is 7.00. The van der Waals surface area contributed by atoms with Crippen LogP contribution in [0, 0.1) is 30.3 Å². The van der Waals surface area contributed by atoms with E-state index in [4.69, 9.17) is 5.73 Å². The monoisotopic (exact) mass is 495 g/mol. The Labute approximate surface area is 197 Å². The first kappa shape index (κ1) is 24.7. The van der Waals surface area contributed by atoms with E-state index in [9.17, 15) is 26.4 Å². The molecule has 2 fully saturated rings. The number of hydrogen-bond acceptors (Lipinski definition) is 5. The molecule has 2 aliphatic rings. The van der Waals surface area contributed by atoms with Gasteiger partial charge in [-0.05, 0) is 68.7 Å². The highest BCUT2D eigenvalue weighted by atomic mass is 32.2. The molecule has 4 rings (SSSR count). The molecule has 0 radical (unpaired) electrons. The van der Waals surface area contributed by atoms with E-state index in [0.717, 1.165) is 18.9 Å². The van der Waals surface area contributed by atoms with E-state index in [0.29, 0.717) is 24.6 Å². The van der Waals surface area contributed by atoms with Crippen molar-refractivity contribution in [1.82, 2.24) is 9.88 Å². The number of fused-ring (bicyclic) bond motifs is 2. The van der Waals surface area contributed by atoms with Gasteiger partial charge < -0.3 is 10.6 Å². The number of piperidine rings is 1. The fourth-order valence-electron chi connectivity index (χ4n) is 5.26. The number of sulfone groups is 1. The number of nitrogens with two attached hydrogens (primary N) is 1. The topological polar surface area (TPSA) is 93.4 Å². The minimum atomic E-state index is -3.67. The van der Waals surface area contributed by atoms with Crippen molar-refractivity contribution in [2.75, 3.05) is 5.75 Å². The number of aromatic nitrogens is 1. The van der Waals surface area contributed by atoms with Gasteiger partial charge in [-0.25, -0.2) is 26.6 Å². The first-order chi connectivity index (χ1) is 16.0. The normalized spacial score (nSPS) is 23.2. The summed E-state index contributed by atoms with van der Waals surface area (Å²) in [5.41, 5.74) is 6.96. The SMILES string of the molecule is Cc1cccc(S(=O)(=O)CCC(=O)N2C3CCC2CC(C(N)Cc2cc(F)c(F)cc2F)C3)n1. The standard InChI is InChI=1S/C24H28F3N3O3S/c1-14-3-2-4-23(29-14)34(32,33)8-7-24(31)30-17-5-6-18(30)10-16(9-17)22(28)12-15-11-20(26)21(27)13-19(15)25/h2-4,11,13,16-18,22H,5-10,12,28H2,1H3. The summed E-state index contributed by atoms with van der Waals surface area (Å²) < 4.78 is 66.0. The summed E-state index contributed by atoms with van der Waals surface area (Å²) >= 11 is 0. The van der Waals surface area contributed by atoms with Crippen molar-refractivity contribution in [3.05, 3.63) is 59.0 Å². The number of carbonyl (C=O) groups excluding carboxylic acids is 1. The van der Waals surface area contributed by atoms with Gasteiger partial charge in [-0.3, -0.25) is 4.79 Å². The molecule has 2 saturated heterocycles. The van der Waals surface area contributed by atoms with Gasteiger partial charge in [0.1, 0.15) is 5.82 Å². The van der Waals surface area contributed by atoms with Crippen LogP contribution in [0.4, 0.5) is 13.2 Å². The van der Waals surface area contributed by atoms with E-state index in [2.05, 4.69) is 4.98 Å². The second kappa shape index (κ2) is 9.65. The minimum absolute atomic E-state index is 0.00529. The molecule has 0 saturated carbocycles. The maximum absolute atomic E-state index is 14.0. The average Bonchev–Trinajstić information content (AvgIpc) is 3.05. The second-order valence-electron chi connectivity index (χ2n) is 9.33. The summed E-state index contributed by atoms with van der Waals surface area (Å²) in [7, 11) is -3.67. The average molecular weight is 496 g/mol. The number of nitrogens with zero attached hydrogens (tertiary/aromatic N) is 2. The van der Waals surface area contributed by atoms with Crippen LogP contribution in [0.2, 0.25) is 0 Å². The third-order valence-electron chi connectivity index (χ3n) is 6.97. The Morgan fingerprint density at radius 3 is 2.41 bits per heavy atom. The summed E-state index contributed by atoms with van der Waals surface area (Å²) in [5.74, 6) is -3.69. The Bertz CT molecular complexity index is 1180. The van der Waals surface area contributed by atoms with Crippen molar-refractivity contribution in [2.45, 2.75) is 68.6 Å². The lowest BCUT2D eigenvalue weighted by Crippen LogP contribution is -2.50. The number of amides is 1. The van der Waals surface area contributed by atoms with Crippen LogP contribution >= 0.6 is 0 Å². The summed E-state index contributed by atoms with van der Waals surface area (Å²) in [4.78, 5) is 18.8. The van der Waals surface area contributed by atoms with Gasteiger partial charge in [-0.1, -0.05) is 6.07 Å². The predicted molar refractivity (Wildman–Crippen MR) is 120 cm³/mol. The molecule has 0 spiro atoms. The van der Waals surface area contributed by atoms with Crippen molar-refractivity contribution >= 4 is 15.7 Å².